The maximum absolute atomic E-state index is 14.2. The minimum Gasteiger partial charge on any atom is -0.444 e. The van der Waals surface area contributed by atoms with E-state index in [-0.39, 0.29) is 17.7 Å². The molecule has 0 aliphatic heterocycles. The molecule has 7 heteroatoms. The van der Waals surface area contributed by atoms with Gasteiger partial charge in [-0.2, -0.15) is 0 Å². The van der Waals surface area contributed by atoms with Crippen molar-refractivity contribution >= 4 is 17.9 Å². The van der Waals surface area contributed by atoms with Crippen molar-refractivity contribution in [2.45, 2.75) is 125 Å². The first kappa shape index (κ1) is 32.5. The van der Waals surface area contributed by atoms with Crippen molar-refractivity contribution in [3.8, 4) is 0 Å². The summed E-state index contributed by atoms with van der Waals surface area (Å²) in [5, 5.41) is 5.88. The van der Waals surface area contributed by atoms with Gasteiger partial charge < -0.3 is 20.3 Å². The number of carbonyl (C=O) groups excluding carboxylic acids is 3. The first-order valence-corrected chi connectivity index (χ1v) is 13.7. The van der Waals surface area contributed by atoms with Gasteiger partial charge in [-0.25, -0.2) is 4.79 Å². The van der Waals surface area contributed by atoms with Gasteiger partial charge >= 0.3 is 6.09 Å². The first-order chi connectivity index (χ1) is 16.9. The van der Waals surface area contributed by atoms with Crippen LogP contribution in [0.1, 0.15) is 111 Å². The molecule has 2 unspecified atom stereocenters. The standard InChI is InChI=1S/C30H51N3O4/c1-12-13-14-15-16-33(27(35)24(20(2)3)31-28(36)37-30(9,10)11)25(26(34)32-29(6,7)8)23-18-21(4)17-22(5)19-23/h17-20,24-25H,12-16H2,1-11H3,(H,31,36)(H,32,34). The smallest absolute Gasteiger partial charge is 0.408 e. The van der Waals surface area contributed by atoms with Gasteiger partial charge in [0.05, 0.1) is 0 Å². The van der Waals surface area contributed by atoms with Crippen molar-refractivity contribution in [1.29, 1.82) is 0 Å². The van der Waals surface area contributed by atoms with Crippen molar-refractivity contribution in [1.82, 2.24) is 15.5 Å². The van der Waals surface area contributed by atoms with E-state index < -0.39 is 29.3 Å². The molecular weight excluding hydrogens is 466 g/mol. The third kappa shape index (κ3) is 11.6. The maximum atomic E-state index is 14.2. The van der Waals surface area contributed by atoms with E-state index in [2.05, 4.69) is 23.6 Å². The molecular formula is C30H51N3O4. The Morgan fingerprint density at radius 3 is 1.95 bits per heavy atom. The third-order valence-corrected chi connectivity index (χ3v) is 5.76. The van der Waals surface area contributed by atoms with Crippen LogP contribution in [0, 0.1) is 19.8 Å². The Hall–Kier alpha value is -2.57. The Balaban J connectivity index is 3.56. The van der Waals surface area contributed by atoms with Gasteiger partial charge in [-0.15, -0.1) is 0 Å². The molecule has 0 aliphatic rings. The number of hydrogen-bond donors (Lipinski definition) is 2. The molecule has 2 N–H and O–H groups in total. The maximum Gasteiger partial charge on any atom is 0.408 e. The normalized spacial score (nSPS) is 13.6. The van der Waals surface area contributed by atoms with Crippen molar-refractivity contribution in [2.75, 3.05) is 6.54 Å². The largest absolute Gasteiger partial charge is 0.444 e. The highest BCUT2D eigenvalue weighted by Crippen LogP contribution is 2.27. The van der Waals surface area contributed by atoms with Gasteiger partial charge in [0.15, 0.2) is 0 Å². The van der Waals surface area contributed by atoms with Gasteiger partial charge in [-0.1, -0.05) is 69.4 Å². The van der Waals surface area contributed by atoms with E-state index >= 15 is 0 Å². The second kappa shape index (κ2) is 13.8. The number of amides is 3. The zero-order valence-corrected chi connectivity index (χ0v) is 25.1. The van der Waals surface area contributed by atoms with Gasteiger partial charge in [-0.3, -0.25) is 9.59 Å². The second-order valence-electron chi connectivity index (χ2n) is 12.5. The van der Waals surface area contributed by atoms with Crippen molar-refractivity contribution < 1.29 is 19.1 Å². The van der Waals surface area contributed by atoms with Gasteiger partial charge in [0.25, 0.3) is 0 Å². The monoisotopic (exact) mass is 517 g/mol. The summed E-state index contributed by atoms with van der Waals surface area (Å²) in [5.41, 5.74) is 1.64. The fourth-order valence-corrected chi connectivity index (χ4v) is 4.28. The lowest BCUT2D eigenvalue weighted by Crippen LogP contribution is -2.56. The van der Waals surface area contributed by atoms with E-state index in [0.717, 1.165) is 42.4 Å². The van der Waals surface area contributed by atoms with Crippen LogP contribution in [0.3, 0.4) is 0 Å². The Kier molecular flexibility index (Phi) is 12.1. The molecule has 7 nitrogen and oxygen atoms in total. The van der Waals surface area contributed by atoms with Crippen LogP contribution in [0.5, 0.6) is 0 Å². The summed E-state index contributed by atoms with van der Waals surface area (Å²) in [6.45, 7) is 21.4. The molecule has 0 heterocycles. The highest BCUT2D eigenvalue weighted by molar-refractivity contribution is 5.92. The molecule has 210 valence electrons. The Labute approximate surface area is 225 Å². The van der Waals surface area contributed by atoms with Crippen LogP contribution >= 0.6 is 0 Å². The fraction of sp³-hybridized carbons (Fsp3) is 0.700. The molecule has 0 spiro atoms. The lowest BCUT2D eigenvalue weighted by atomic mass is 9.95. The SMILES string of the molecule is CCCCCCN(C(=O)C(NC(=O)OC(C)(C)C)C(C)C)C(C(=O)NC(C)(C)C)c1cc(C)cc(C)c1. The Morgan fingerprint density at radius 1 is 0.919 bits per heavy atom. The summed E-state index contributed by atoms with van der Waals surface area (Å²) in [6, 6.07) is 4.33. The molecule has 3 amide bonds. The molecule has 0 aromatic heterocycles. The molecule has 0 radical (unpaired) electrons. The lowest BCUT2D eigenvalue weighted by molar-refractivity contribution is -0.144. The van der Waals surface area contributed by atoms with Crippen molar-refractivity contribution in [3.05, 3.63) is 34.9 Å². The predicted molar refractivity (Wildman–Crippen MR) is 150 cm³/mol. The van der Waals surface area contributed by atoms with Crippen LogP contribution in [0.4, 0.5) is 4.79 Å². The average molecular weight is 518 g/mol. The molecule has 37 heavy (non-hydrogen) atoms. The predicted octanol–water partition coefficient (Wildman–Crippen LogP) is 6.22. The van der Waals surface area contributed by atoms with E-state index in [1.807, 2.05) is 60.6 Å². The average Bonchev–Trinajstić information content (AvgIpc) is 2.70. The molecule has 0 bridgehead atoms. The number of unbranched alkanes of at least 4 members (excludes halogenated alkanes) is 3. The highest BCUT2D eigenvalue weighted by Gasteiger charge is 2.38. The number of nitrogens with one attached hydrogen (secondary N) is 2. The molecule has 0 saturated carbocycles. The van der Waals surface area contributed by atoms with Crippen LogP contribution in [0.25, 0.3) is 0 Å². The number of nitrogens with zero attached hydrogens (tertiary/aromatic N) is 1. The number of benzene rings is 1. The summed E-state index contributed by atoms with van der Waals surface area (Å²) in [4.78, 5) is 42.3. The fourth-order valence-electron chi connectivity index (χ4n) is 4.28. The summed E-state index contributed by atoms with van der Waals surface area (Å²) < 4.78 is 5.45. The van der Waals surface area contributed by atoms with Gasteiger partial charge in [0, 0.05) is 12.1 Å². The number of alkyl carbamates (subject to hydrolysis) is 1. The number of aryl methyl sites for hydroxylation is 2. The van der Waals surface area contributed by atoms with Gasteiger partial charge in [0.1, 0.15) is 17.7 Å². The molecule has 0 fully saturated rings. The van der Waals surface area contributed by atoms with Crippen LogP contribution in [0.2, 0.25) is 0 Å². The molecule has 2 atom stereocenters. The zero-order valence-electron chi connectivity index (χ0n) is 25.1. The minimum atomic E-state index is -0.836. The summed E-state index contributed by atoms with van der Waals surface area (Å²) >= 11 is 0. The van der Waals surface area contributed by atoms with E-state index in [9.17, 15) is 14.4 Å². The molecule has 1 aromatic rings. The lowest BCUT2D eigenvalue weighted by Gasteiger charge is -2.37. The third-order valence-electron chi connectivity index (χ3n) is 5.76. The van der Waals surface area contributed by atoms with Crippen LogP contribution < -0.4 is 10.6 Å². The quantitative estimate of drug-likeness (QED) is 0.341. The zero-order chi connectivity index (χ0) is 28.6. The number of ether oxygens (including phenoxy) is 1. The number of rotatable bonds is 11. The van der Waals surface area contributed by atoms with Crippen molar-refractivity contribution in [3.63, 3.8) is 0 Å². The van der Waals surface area contributed by atoms with E-state index in [1.54, 1.807) is 25.7 Å². The summed E-state index contributed by atoms with van der Waals surface area (Å²) in [5.74, 6) is -0.726. The Bertz CT molecular complexity index is 892. The molecule has 1 aromatic carbocycles. The van der Waals surface area contributed by atoms with Crippen molar-refractivity contribution in [2.24, 2.45) is 5.92 Å². The van der Waals surface area contributed by atoms with Crippen LogP contribution in [-0.2, 0) is 14.3 Å². The second-order valence-corrected chi connectivity index (χ2v) is 12.5. The number of carbonyl (C=O) groups is 3. The van der Waals surface area contributed by atoms with E-state index in [0.29, 0.717) is 6.54 Å². The van der Waals surface area contributed by atoms with E-state index in [1.165, 1.54) is 0 Å². The van der Waals surface area contributed by atoms with Crippen LogP contribution in [-0.4, -0.2) is 46.5 Å². The molecule has 1 rings (SSSR count). The van der Waals surface area contributed by atoms with Gasteiger partial charge in [-0.05, 0) is 73.3 Å². The summed E-state index contributed by atoms with van der Waals surface area (Å²) in [7, 11) is 0. The van der Waals surface area contributed by atoms with Gasteiger partial charge in [0.2, 0.25) is 11.8 Å². The highest BCUT2D eigenvalue weighted by atomic mass is 16.6. The molecule has 0 aliphatic carbocycles. The topological polar surface area (TPSA) is 87.7 Å². The van der Waals surface area contributed by atoms with Crippen LogP contribution in [0.15, 0.2) is 18.2 Å². The van der Waals surface area contributed by atoms with E-state index in [4.69, 9.17) is 4.74 Å². The molecule has 0 saturated heterocycles. The minimum absolute atomic E-state index is 0.205. The Morgan fingerprint density at radius 2 is 1.49 bits per heavy atom. The first-order valence-electron chi connectivity index (χ1n) is 13.7. The number of hydrogen-bond acceptors (Lipinski definition) is 4. The summed E-state index contributed by atoms with van der Waals surface area (Å²) in [6.07, 6.45) is 3.18.